The van der Waals surface area contributed by atoms with E-state index in [1.54, 1.807) is 9.80 Å². The van der Waals surface area contributed by atoms with Crippen LogP contribution in [0.25, 0.3) is 0 Å². The van der Waals surface area contributed by atoms with Crippen molar-refractivity contribution in [1.29, 1.82) is 0 Å². The molecule has 3 amide bonds. The molecule has 0 aromatic heterocycles. The van der Waals surface area contributed by atoms with E-state index in [4.69, 9.17) is 5.73 Å². The summed E-state index contributed by atoms with van der Waals surface area (Å²) < 4.78 is 0. The van der Waals surface area contributed by atoms with Gasteiger partial charge in [0.2, 0.25) is 0 Å². The zero-order valence-electron chi connectivity index (χ0n) is 10.3. The monoisotopic (exact) mass is 273 g/mol. The van der Waals surface area contributed by atoms with Gasteiger partial charge in [-0.3, -0.25) is 4.79 Å². The van der Waals surface area contributed by atoms with Gasteiger partial charge in [-0.1, -0.05) is 0 Å². The number of nitrogens with zero attached hydrogens (tertiary/aromatic N) is 2. The normalized spacial score (nSPS) is 29.2. The Morgan fingerprint density at radius 1 is 1.17 bits per heavy atom. The highest BCUT2D eigenvalue weighted by Crippen LogP contribution is 2.22. The van der Waals surface area contributed by atoms with Crippen LogP contribution in [0.15, 0.2) is 0 Å². The summed E-state index contributed by atoms with van der Waals surface area (Å²) in [6.07, 6.45) is 0.940. The number of β-amino-alcohol motifs (C(OH)–C–C–N with tert-alkyl or cyclic N) is 1. The van der Waals surface area contributed by atoms with Gasteiger partial charge in [0.15, 0.2) is 5.60 Å². The van der Waals surface area contributed by atoms with Crippen LogP contribution in [-0.2, 0) is 4.79 Å². The second-order valence-corrected chi connectivity index (χ2v) is 6.03. The van der Waals surface area contributed by atoms with Gasteiger partial charge in [0.1, 0.15) is 0 Å². The maximum Gasteiger partial charge on any atom is 0.320 e. The van der Waals surface area contributed by atoms with Gasteiger partial charge in [-0.25, -0.2) is 4.79 Å². The number of aliphatic hydroxyl groups is 1. The van der Waals surface area contributed by atoms with Crippen LogP contribution in [0.3, 0.4) is 0 Å². The first-order chi connectivity index (χ1) is 8.53. The van der Waals surface area contributed by atoms with E-state index in [0.717, 1.165) is 24.6 Å². The Kier molecular flexibility index (Phi) is 4.01. The Labute approximate surface area is 110 Å². The second kappa shape index (κ2) is 5.36. The molecule has 6 nitrogen and oxygen atoms in total. The zero-order chi connectivity index (χ0) is 13.2. The minimum Gasteiger partial charge on any atom is -0.378 e. The first kappa shape index (κ1) is 13.5. The number of likely N-dealkylation sites (tertiary alicyclic amines) is 1. The molecule has 2 saturated heterocycles. The number of carbonyl (C=O) groups is 2. The number of piperidine rings is 1. The van der Waals surface area contributed by atoms with Crippen molar-refractivity contribution in [3.05, 3.63) is 0 Å². The van der Waals surface area contributed by atoms with Crippen LogP contribution in [0.2, 0.25) is 0 Å². The van der Waals surface area contributed by atoms with Crippen LogP contribution in [0, 0.1) is 0 Å². The molecule has 0 aliphatic carbocycles. The van der Waals surface area contributed by atoms with E-state index in [1.807, 2.05) is 11.8 Å². The predicted octanol–water partition coefficient (Wildman–Crippen LogP) is -0.533. The van der Waals surface area contributed by atoms with Crippen LogP contribution in [-0.4, -0.2) is 70.1 Å². The highest BCUT2D eigenvalue weighted by atomic mass is 32.2. The van der Waals surface area contributed by atoms with Crippen LogP contribution in [0.4, 0.5) is 4.79 Å². The van der Waals surface area contributed by atoms with E-state index in [-0.39, 0.29) is 12.6 Å². The number of amides is 3. The Morgan fingerprint density at radius 3 is 2.44 bits per heavy atom. The standard InChI is InChI=1S/C11H19N3O3S/c12-9(15)11(17)2-1-3-14(8-11)10(16)13-4-6-18-7-5-13/h17H,1-8H2,(H2,12,15)/t11-/m1/s1. The third-order valence-corrected chi connectivity index (χ3v) is 4.42. The lowest BCUT2D eigenvalue weighted by atomic mass is 9.92. The van der Waals surface area contributed by atoms with E-state index >= 15 is 0 Å². The molecule has 0 spiro atoms. The van der Waals surface area contributed by atoms with Crippen molar-refractivity contribution in [2.24, 2.45) is 5.73 Å². The van der Waals surface area contributed by atoms with Crippen LogP contribution >= 0.6 is 11.8 Å². The molecule has 1 atom stereocenters. The number of hydrogen-bond acceptors (Lipinski definition) is 4. The lowest BCUT2D eigenvalue weighted by Crippen LogP contribution is -2.59. The van der Waals surface area contributed by atoms with Gasteiger partial charge in [0, 0.05) is 31.1 Å². The average Bonchev–Trinajstić information content (AvgIpc) is 2.39. The van der Waals surface area contributed by atoms with Crippen molar-refractivity contribution in [3.63, 3.8) is 0 Å². The minimum absolute atomic E-state index is 0.0187. The van der Waals surface area contributed by atoms with Crippen molar-refractivity contribution in [3.8, 4) is 0 Å². The molecule has 2 aliphatic heterocycles. The zero-order valence-corrected chi connectivity index (χ0v) is 11.1. The maximum atomic E-state index is 12.2. The Balaban J connectivity index is 1.99. The molecule has 0 bridgehead atoms. The number of thioether (sulfide) groups is 1. The number of urea groups is 1. The van der Waals surface area contributed by atoms with Gasteiger partial charge in [-0.05, 0) is 12.8 Å². The van der Waals surface area contributed by atoms with Gasteiger partial charge in [-0.2, -0.15) is 11.8 Å². The van der Waals surface area contributed by atoms with Gasteiger partial charge >= 0.3 is 6.03 Å². The van der Waals surface area contributed by atoms with Crippen LogP contribution in [0.1, 0.15) is 12.8 Å². The fourth-order valence-corrected chi connectivity index (χ4v) is 3.26. The number of hydrogen-bond donors (Lipinski definition) is 2. The summed E-state index contributed by atoms with van der Waals surface area (Å²) in [5, 5.41) is 10.1. The van der Waals surface area contributed by atoms with Crippen molar-refractivity contribution in [1.82, 2.24) is 9.80 Å². The van der Waals surface area contributed by atoms with E-state index in [0.29, 0.717) is 19.4 Å². The molecule has 0 aromatic carbocycles. The van der Waals surface area contributed by atoms with Crippen LogP contribution < -0.4 is 5.73 Å². The molecule has 0 unspecified atom stereocenters. The molecular formula is C11H19N3O3S. The molecule has 0 aromatic rings. The fourth-order valence-electron chi connectivity index (χ4n) is 2.36. The highest BCUT2D eigenvalue weighted by molar-refractivity contribution is 7.99. The smallest absolute Gasteiger partial charge is 0.320 e. The lowest BCUT2D eigenvalue weighted by Gasteiger charge is -2.40. The first-order valence-electron chi connectivity index (χ1n) is 6.17. The number of rotatable bonds is 1. The van der Waals surface area contributed by atoms with Crippen molar-refractivity contribution >= 4 is 23.7 Å². The predicted molar refractivity (Wildman–Crippen MR) is 69.2 cm³/mol. The molecule has 2 heterocycles. The number of nitrogens with two attached hydrogens (primary N) is 1. The van der Waals surface area contributed by atoms with Gasteiger partial charge < -0.3 is 20.6 Å². The lowest BCUT2D eigenvalue weighted by molar-refractivity contribution is -0.140. The largest absolute Gasteiger partial charge is 0.378 e. The molecule has 3 N–H and O–H groups in total. The van der Waals surface area contributed by atoms with Gasteiger partial charge in [0.05, 0.1) is 6.54 Å². The Morgan fingerprint density at radius 2 is 1.83 bits per heavy atom. The molecule has 2 aliphatic rings. The maximum absolute atomic E-state index is 12.2. The fraction of sp³-hybridized carbons (Fsp3) is 0.818. The summed E-state index contributed by atoms with van der Waals surface area (Å²) in [6.45, 7) is 2.06. The SMILES string of the molecule is NC(=O)[C@@]1(O)CCCN(C(=O)N2CCSCC2)C1. The van der Waals surface area contributed by atoms with Crippen LogP contribution in [0.5, 0.6) is 0 Å². The quantitative estimate of drug-likeness (QED) is 0.672. The molecule has 0 radical (unpaired) electrons. The Bertz CT molecular complexity index is 346. The van der Waals surface area contributed by atoms with E-state index < -0.39 is 11.5 Å². The highest BCUT2D eigenvalue weighted by Gasteiger charge is 2.41. The molecule has 2 fully saturated rings. The Hall–Kier alpha value is -0.950. The van der Waals surface area contributed by atoms with Crippen molar-refractivity contribution < 1.29 is 14.7 Å². The average molecular weight is 273 g/mol. The third kappa shape index (κ3) is 2.72. The topological polar surface area (TPSA) is 86.9 Å². The molecule has 102 valence electrons. The summed E-state index contributed by atoms with van der Waals surface area (Å²) in [5.74, 6) is 1.15. The van der Waals surface area contributed by atoms with Crippen molar-refractivity contribution in [2.75, 3.05) is 37.7 Å². The molecule has 7 heteroatoms. The first-order valence-corrected chi connectivity index (χ1v) is 7.32. The number of carbonyl (C=O) groups excluding carboxylic acids is 2. The molecule has 0 saturated carbocycles. The summed E-state index contributed by atoms with van der Waals surface area (Å²) in [7, 11) is 0. The summed E-state index contributed by atoms with van der Waals surface area (Å²) in [6, 6.07) is -0.0883. The van der Waals surface area contributed by atoms with E-state index in [2.05, 4.69) is 0 Å². The molecule has 18 heavy (non-hydrogen) atoms. The summed E-state index contributed by atoms with van der Waals surface area (Å²) in [4.78, 5) is 26.8. The summed E-state index contributed by atoms with van der Waals surface area (Å²) in [5.41, 5.74) is 3.64. The van der Waals surface area contributed by atoms with E-state index in [1.165, 1.54) is 0 Å². The van der Waals surface area contributed by atoms with Gasteiger partial charge in [0.25, 0.3) is 5.91 Å². The van der Waals surface area contributed by atoms with E-state index in [9.17, 15) is 14.7 Å². The number of primary amides is 1. The molecule has 2 rings (SSSR count). The van der Waals surface area contributed by atoms with Gasteiger partial charge in [-0.15, -0.1) is 0 Å². The third-order valence-electron chi connectivity index (χ3n) is 3.48. The minimum atomic E-state index is -1.56. The van der Waals surface area contributed by atoms with Crippen molar-refractivity contribution in [2.45, 2.75) is 18.4 Å². The second-order valence-electron chi connectivity index (χ2n) is 4.80. The summed E-state index contributed by atoms with van der Waals surface area (Å²) >= 11 is 1.83. The molecular weight excluding hydrogens is 254 g/mol.